The first-order chi connectivity index (χ1) is 6.20. The van der Waals surface area contributed by atoms with E-state index in [0.29, 0.717) is 0 Å². The normalized spacial score (nSPS) is 10.5. The number of fused-ring (bicyclic) bond motifs is 1. The number of nitrogens with zero attached hydrogens (tertiary/aromatic N) is 2. The molecule has 0 aromatic carbocycles. The maximum atomic E-state index is 11.0. The van der Waals surface area contributed by atoms with Crippen LogP contribution in [0.3, 0.4) is 0 Å². The van der Waals surface area contributed by atoms with Gasteiger partial charge in [-0.3, -0.25) is 9.55 Å². The van der Waals surface area contributed by atoms with Crippen molar-refractivity contribution < 1.29 is 4.79 Å². The van der Waals surface area contributed by atoms with Gasteiger partial charge in [0, 0.05) is 17.8 Å². The Bertz CT molecular complexity index is 473. The molecule has 2 N–H and O–H groups in total. The SMILES string of the molecule is Cc1cn(C(N)=O)c2cnccc12. The molecule has 4 nitrogen and oxygen atoms in total. The zero-order chi connectivity index (χ0) is 9.42. The van der Waals surface area contributed by atoms with Crippen LogP contribution in [0, 0.1) is 6.92 Å². The van der Waals surface area contributed by atoms with Crippen LogP contribution in [0.1, 0.15) is 5.56 Å². The number of hydrogen-bond donors (Lipinski definition) is 1. The lowest BCUT2D eigenvalue weighted by atomic mass is 10.2. The molecule has 0 aliphatic rings. The molecule has 0 aliphatic heterocycles. The molecular formula is C9H9N3O. The molecule has 0 fully saturated rings. The second-order valence-corrected chi connectivity index (χ2v) is 2.91. The molecule has 2 heterocycles. The lowest BCUT2D eigenvalue weighted by molar-refractivity contribution is 0.251. The molecule has 2 aromatic rings. The molecule has 0 saturated carbocycles. The first-order valence-corrected chi connectivity index (χ1v) is 3.91. The third-order valence-corrected chi connectivity index (χ3v) is 2.04. The highest BCUT2D eigenvalue weighted by Gasteiger charge is 2.07. The predicted molar refractivity (Wildman–Crippen MR) is 49.5 cm³/mol. The number of hydrogen-bond acceptors (Lipinski definition) is 2. The second kappa shape index (κ2) is 2.58. The molecule has 0 spiro atoms. The predicted octanol–water partition coefficient (Wildman–Crippen LogP) is 1.27. The Morgan fingerprint density at radius 3 is 3.08 bits per heavy atom. The average Bonchev–Trinajstić information content (AvgIpc) is 2.45. The molecule has 13 heavy (non-hydrogen) atoms. The molecule has 0 bridgehead atoms. The summed E-state index contributed by atoms with van der Waals surface area (Å²) in [4.78, 5) is 14.9. The van der Waals surface area contributed by atoms with Crippen molar-refractivity contribution in [3.05, 3.63) is 30.2 Å². The van der Waals surface area contributed by atoms with Crippen molar-refractivity contribution in [2.75, 3.05) is 0 Å². The summed E-state index contributed by atoms with van der Waals surface area (Å²) in [5, 5.41) is 1.01. The minimum Gasteiger partial charge on any atom is -0.351 e. The smallest absolute Gasteiger partial charge is 0.323 e. The van der Waals surface area contributed by atoms with Crippen LogP contribution in [0.5, 0.6) is 0 Å². The van der Waals surface area contributed by atoms with Crippen molar-refractivity contribution in [1.29, 1.82) is 0 Å². The number of amides is 1. The Hall–Kier alpha value is -1.84. The lowest BCUT2D eigenvalue weighted by Crippen LogP contribution is -2.18. The summed E-state index contributed by atoms with van der Waals surface area (Å²) < 4.78 is 1.40. The van der Waals surface area contributed by atoms with Gasteiger partial charge in [0.1, 0.15) is 0 Å². The fourth-order valence-corrected chi connectivity index (χ4v) is 1.43. The summed E-state index contributed by atoms with van der Waals surface area (Å²) in [6.07, 6.45) is 5.04. The van der Waals surface area contributed by atoms with Crippen LogP contribution in [0.4, 0.5) is 4.79 Å². The van der Waals surface area contributed by atoms with Gasteiger partial charge in [-0.2, -0.15) is 0 Å². The average molecular weight is 175 g/mol. The van der Waals surface area contributed by atoms with Gasteiger partial charge in [-0.05, 0) is 18.6 Å². The minimum atomic E-state index is -0.480. The van der Waals surface area contributed by atoms with Crippen LogP contribution in [-0.4, -0.2) is 15.6 Å². The Balaban J connectivity index is 2.85. The van der Waals surface area contributed by atoms with Crippen LogP contribution in [0.2, 0.25) is 0 Å². The second-order valence-electron chi connectivity index (χ2n) is 2.91. The number of pyridine rings is 1. The number of nitrogens with two attached hydrogens (primary N) is 1. The van der Waals surface area contributed by atoms with Crippen LogP contribution in [-0.2, 0) is 0 Å². The van der Waals surface area contributed by atoms with Crippen molar-refractivity contribution in [1.82, 2.24) is 9.55 Å². The van der Waals surface area contributed by atoms with E-state index in [4.69, 9.17) is 5.73 Å². The largest absolute Gasteiger partial charge is 0.351 e. The van der Waals surface area contributed by atoms with Gasteiger partial charge in [0.2, 0.25) is 0 Å². The molecule has 0 saturated heterocycles. The van der Waals surface area contributed by atoms with E-state index < -0.39 is 6.03 Å². The van der Waals surface area contributed by atoms with Crippen molar-refractivity contribution in [3.63, 3.8) is 0 Å². The van der Waals surface area contributed by atoms with Crippen molar-refractivity contribution in [2.24, 2.45) is 5.73 Å². The van der Waals surface area contributed by atoms with Gasteiger partial charge in [0.05, 0.1) is 11.7 Å². The lowest BCUT2D eigenvalue weighted by Gasteiger charge is -1.96. The molecule has 0 aliphatic carbocycles. The zero-order valence-electron chi connectivity index (χ0n) is 7.19. The summed E-state index contributed by atoms with van der Waals surface area (Å²) >= 11 is 0. The van der Waals surface area contributed by atoms with Gasteiger partial charge in [-0.1, -0.05) is 0 Å². The van der Waals surface area contributed by atoms with E-state index in [-0.39, 0.29) is 0 Å². The van der Waals surface area contributed by atoms with E-state index in [1.54, 1.807) is 18.6 Å². The van der Waals surface area contributed by atoms with E-state index in [1.807, 2.05) is 13.0 Å². The minimum absolute atomic E-state index is 0.480. The van der Waals surface area contributed by atoms with Crippen LogP contribution in [0.25, 0.3) is 10.9 Å². The highest BCUT2D eigenvalue weighted by molar-refractivity contribution is 5.92. The fourth-order valence-electron chi connectivity index (χ4n) is 1.43. The van der Waals surface area contributed by atoms with E-state index >= 15 is 0 Å². The summed E-state index contributed by atoms with van der Waals surface area (Å²) in [6.45, 7) is 1.93. The zero-order valence-corrected chi connectivity index (χ0v) is 7.19. The fraction of sp³-hybridized carbons (Fsp3) is 0.111. The van der Waals surface area contributed by atoms with Gasteiger partial charge in [0.15, 0.2) is 0 Å². The quantitative estimate of drug-likeness (QED) is 0.655. The van der Waals surface area contributed by atoms with Gasteiger partial charge in [-0.15, -0.1) is 0 Å². The number of primary amides is 1. The van der Waals surface area contributed by atoms with E-state index in [9.17, 15) is 4.79 Å². The topological polar surface area (TPSA) is 60.9 Å². The summed E-state index contributed by atoms with van der Waals surface area (Å²) in [5.74, 6) is 0. The Kier molecular flexibility index (Phi) is 1.55. The summed E-state index contributed by atoms with van der Waals surface area (Å²) in [5.41, 5.74) is 6.97. The number of rotatable bonds is 0. The van der Waals surface area contributed by atoms with Crippen LogP contribution < -0.4 is 5.73 Å². The number of aryl methyl sites for hydroxylation is 1. The molecule has 0 radical (unpaired) electrons. The van der Waals surface area contributed by atoms with Crippen molar-refractivity contribution >= 4 is 16.9 Å². The van der Waals surface area contributed by atoms with Gasteiger partial charge < -0.3 is 5.73 Å². The maximum absolute atomic E-state index is 11.0. The monoisotopic (exact) mass is 175 g/mol. The van der Waals surface area contributed by atoms with Crippen LogP contribution in [0.15, 0.2) is 24.7 Å². The Morgan fingerprint density at radius 2 is 2.38 bits per heavy atom. The Labute approximate surface area is 75.0 Å². The molecule has 1 amide bonds. The third kappa shape index (κ3) is 1.07. The number of carbonyl (C=O) groups is 1. The molecule has 66 valence electrons. The molecule has 2 aromatic heterocycles. The first-order valence-electron chi connectivity index (χ1n) is 3.91. The molecule has 2 rings (SSSR count). The third-order valence-electron chi connectivity index (χ3n) is 2.04. The van der Waals surface area contributed by atoms with E-state index in [0.717, 1.165) is 16.5 Å². The van der Waals surface area contributed by atoms with Gasteiger partial charge in [-0.25, -0.2) is 4.79 Å². The number of carbonyl (C=O) groups excluding carboxylic acids is 1. The standard InChI is InChI=1S/C9H9N3O/c1-6-5-12(9(10)13)8-4-11-3-2-7(6)8/h2-5H,1H3,(H2,10,13). The molecule has 4 heteroatoms. The van der Waals surface area contributed by atoms with Crippen molar-refractivity contribution in [3.8, 4) is 0 Å². The molecular weight excluding hydrogens is 166 g/mol. The maximum Gasteiger partial charge on any atom is 0.323 e. The first kappa shape index (κ1) is 7.79. The van der Waals surface area contributed by atoms with Crippen molar-refractivity contribution in [2.45, 2.75) is 6.92 Å². The van der Waals surface area contributed by atoms with E-state index in [1.165, 1.54) is 4.57 Å². The molecule has 0 unspecified atom stereocenters. The molecule has 0 atom stereocenters. The van der Waals surface area contributed by atoms with Crippen LogP contribution >= 0.6 is 0 Å². The van der Waals surface area contributed by atoms with Gasteiger partial charge >= 0.3 is 6.03 Å². The van der Waals surface area contributed by atoms with E-state index in [2.05, 4.69) is 4.98 Å². The highest BCUT2D eigenvalue weighted by atomic mass is 16.2. The summed E-state index contributed by atoms with van der Waals surface area (Å²) in [7, 11) is 0. The number of aromatic nitrogens is 2. The van der Waals surface area contributed by atoms with Gasteiger partial charge in [0.25, 0.3) is 0 Å². The highest BCUT2D eigenvalue weighted by Crippen LogP contribution is 2.18. The Morgan fingerprint density at radius 1 is 1.62 bits per heavy atom. The summed E-state index contributed by atoms with van der Waals surface area (Å²) in [6, 6.07) is 1.38.